The first-order valence-electron chi connectivity index (χ1n) is 9.57. The Morgan fingerprint density at radius 1 is 1.14 bits per heavy atom. The summed E-state index contributed by atoms with van der Waals surface area (Å²) in [6.45, 7) is 1.68. The molecule has 0 atom stereocenters. The number of halogens is 1. The minimum Gasteiger partial charge on any atom is -0.347 e. The molecule has 29 heavy (non-hydrogen) atoms. The van der Waals surface area contributed by atoms with Crippen LogP contribution < -0.4 is 5.56 Å². The van der Waals surface area contributed by atoms with Crippen molar-refractivity contribution in [2.75, 3.05) is 13.2 Å². The van der Waals surface area contributed by atoms with Gasteiger partial charge in [-0.25, -0.2) is 9.37 Å². The minimum atomic E-state index is -0.600. The van der Waals surface area contributed by atoms with Crippen molar-refractivity contribution in [3.63, 3.8) is 0 Å². The van der Waals surface area contributed by atoms with Gasteiger partial charge in [-0.2, -0.15) is 0 Å². The fourth-order valence-electron chi connectivity index (χ4n) is 3.88. The second-order valence-corrected chi connectivity index (χ2v) is 7.18. The molecule has 0 N–H and O–H groups in total. The van der Waals surface area contributed by atoms with Crippen molar-refractivity contribution in [1.82, 2.24) is 14.5 Å². The summed E-state index contributed by atoms with van der Waals surface area (Å²) in [6, 6.07) is 6.78. The molecule has 3 aromatic rings. The van der Waals surface area contributed by atoms with E-state index >= 15 is 0 Å². The lowest BCUT2D eigenvalue weighted by Gasteiger charge is -2.24. The molecule has 0 aliphatic carbocycles. The summed E-state index contributed by atoms with van der Waals surface area (Å²) >= 11 is 0. The summed E-state index contributed by atoms with van der Waals surface area (Å²) in [5, 5.41) is 0.540. The van der Waals surface area contributed by atoms with Crippen LogP contribution in [0, 0.1) is 17.7 Å². The molecule has 6 nitrogen and oxygen atoms in total. The van der Waals surface area contributed by atoms with Gasteiger partial charge in [0.1, 0.15) is 5.82 Å². The quantitative estimate of drug-likeness (QED) is 0.551. The van der Waals surface area contributed by atoms with Crippen LogP contribution in [0.25, 0.3) is 10.9 Å². The van der Waals surface area contributed by atoms with E-state index in [9.17, 15) is 9.18 Å². The van der Waals surface area contributed by atoms with Crippen molar-refractivity contribution in [3.8, 4) is 11.8 Å². The number of aromatic nitrogens is 3. The molecule has 2 aliphatic rings. The predicted molar refractivity (Wildman–Crippen MR) is 104 cm³/mol. The lowest BCUT2D eigenvalue weighted by Crippen LogP contribution is -2.31. The van der Waals surface area contributed by atoms with Crippen LogP contribution in [0.1, 0.15) is 29.8 Å². The maximum atomic E-state index is 13.7. The summed E-state index contributed by atoms with van der Waals surface area (Å²) in [7, 11) is 0. The van der Waals surface area contributed by atoms with Gasteiger partial charge in [-0.15, -0.1) is 0 Å². The number of rotatable bonds is 0. The molecule has 7 heteroatoms. The highest BCUT2D eigenvalue weighted by Gasteiger charge is 2.38. The van der Waals surface area contributed by atoms with Crippen molar-refractivity contribution < 1.29 is 13.9 Å². The zero-order valence-corrected chi connectivity index (χ0v) is 15.7. The summed E-state index contributed by atoms with van der Waals surface area (Å²) in [6.07, 6.45) is 4.53. The van der Waals surface area contributed by atoms with Gasteiger partial charge in [0.05, 0.1) is 35.9 Å². The second-order valence-electron chi connectivity index (χ2n) is 7.18. The molecular formula is C22H18FN3O3. The van der Waals surface area contributed by atoms with Gasteiger partial charge in [0.25, 0.3) is 5.56 Å². The van der Waals surface area contributed by atoms with Crippen molar-refractivity contribution >= 4 is 10.9 Å². The SMILES string of the molecule is O=c1c2ccc(C#Cc3ccncc3F)cc2nc2n1CCC1(CC2)OCCO1. The third-order valence-electron chi connectivity index (χ3n) is 5.41. The Bertz CT molecular complexity index is 1220. The second kappa shape index (κ2) is 7.07. The predicted octanol–water partition coefficient (Wildman–Crippen LogP) is 2.41. The first-order valence-corrected chi connectivity index (χ1v) is 9.57. The van der Waals surface area contributed by atoms with E-state index in [4.69, 9.17) is 14.5 Å². The van der Waals surface area contributed by atoms with E-state index in [1.165, 1.54) is 12.3 Å². The zero-order chi connectivity index (χ0) is 19.8. The Morgan fingerprint density at radius 2 is 2.00 bits per heavy atom. The number of fused-ring (bicyclic) bond motifs is 2. The molecule has 5 rings (SSSR count). The van der Waals surface area contributed by atoms with E-state index in [0.29, 0.717) is 55.5 Å². The Morgan fingerprint density at radius 3 is 2.83 bits per heavy atom. The minimum absolute atomic E-state index is 0.0697. The third kappa shape index (κ3) is 3.31. The molecule has 1 aromatic carbocycles. The Balaban J connectivity index is 1.52. The van der Waals surface area contributed by atoms with Gasteiger partial charge in [0.15, 0.2) is 11.6 Å². The van der Waals surface area contributed by atoms with Crippen molar-refractivity contribution in [2.24, 2.45) is 0 Å². The van der Waals surface area contributed by atoms with E-state index in [1.807, 2.05) is 0 Å². The van der Waals surface area contributed by atoms with Gasteiger partial charge in [0, 0.05) is 37.6 Å². The smallest absolute Gasteiger partial charge is 0.261 e. The van der Waals surface area contributed by atoms with Crippen LogP contribution in [-0.2, 0) is 22.4 Å². The molecule has 146 valence electrons. The molecule has 0 unspecified atom stereocenters. The van der Waals surface area contributed by atoms with E-state index in [0.717, 1.165) is 12.0 Å². The highest BCUT2D eigenvalue weighted by Crippen LogP contribution is 2.31. The fraction of sp³-hybridized carbons (Fsp3) is 0.318. The number of ether oxygens (including phenoxy) is 2. The number of pyridine rings is 1. The summed E-state index contributed by atoms with van der Waals surface area (Å²) in [4.78, 5) is 21.5. The largest absolute Gasteiger partial charge is 0.347 e. The van der Waals surface area contributed by atoms with Crippen molar-refractivity contribution in [1.29, 1.82) is 0 Å². The van der Waals surface area contributed by atoms with Crippen LogP contribution in [0.4, 0.5) is 4.39 Å². The molecule has 4 heterocycles. The molecule has 0 saturated carbocycles. The molecule has 0 radical (unpaired) electrons. The first kappa shape index (κ1) is 18.0. The number of hydrogen-bond donors (Lipinski definition) is 0. The van der Waals surface area contributed by atoms with Gasteiger partial charge in [-0.3, -0.25) is 14.3 Å². The van der Waals surface area contributed by atoms with Crippen molar-refractivity contribution in [2.45, 2.75) is 31.6 Å². The highest BCUT2D eigenvalue weighted by molar-refractivity contribution is 5.79. The standard InChI is InChI=1S/C22H18FN3O3/c23-18-14-24-9-6-16(18)3-1-15-2-4-17-19(13-15)25-20-5-7-22(28-11-12-29-22)8-10-26(20)21(17)27/h2,4,6,9,13-14H,5,7-8,10-12H2. The molecule has 2 aliphatic heterocycles. The number of hydrogen-bond acceptors (Lipinski definition) is 5. The normalized spacial score (nSPS) is 17.6. The molecule has 1 saturated heterocycles. The molecule has 0 amide bonds. The lowest BCUT2D eigenvalue weighted by atomic mass is 10.1. The van der Waals surface area contributed by atoms with Gasteiger partial charge in [-0.1, -0.05) is 11.8 Å². The van der Waals surface area contributed by atoms with E-state index in [1.54, 1.807) is 22.8 Å². The maximum Gasteiger partial charge on any atom is 0.261 e. The van der Waals surface area contributed by atoms with Gasteiger partial charge < -0.3 is 9.47 Å². The molecule has 1 fully saturated rings. The zero-order valence-electron chi connectivity index (χ0n) is 15.7. The highest BCUT2D eigenvalue weighted by atomic mass is 19.1. The maximum absolute atomic E-state index is 13.7. The van der Waals surface area contributed by atoms with Crippen LogP contribution in [-0.4, -0.2) is 33.5 Å². The fourth-order valence-corrected chi connectivity index (χ4v) is 3.88. The molecule has 1 spiro atoms. The summed E-state index contributed by atoms with van der Waals surface area (Å²) in [5.41, 5.74) is 1.46. The number of nitrogens with zero attached hydrogens (tertiary/aromatic N) is 3. The van der Waals surface area contributed by atoms with Crippen LogP contribution in [0.2, 0.25) is 0 Å². The van der Waals surface area contributed by atoms with Gasteiger partial charge in [-0.05, 0) is 24.3 Å². The Labute approximate surface area is 166 Å². The van der Waals surface area contributed by atoms with Gasteiger partial charge in [0.2, 0.25) is 0 Å². The molecule has 0 bridgehead atoms. The topological polar surface area (TPSA) is 66.2 Å². The van der Waals surface area contributed by atoms with E-state index < -0.39 is 11.6 Å². The lowest BCUT2D eigenvalue weighted by molar-refractivity contribution is -0.165. The summed E-state index contributed by atoms with van der Waals surface area (Å²) < 4.78 is 27.1. The van der Waals surface area contributed by atoms with Crippen LogP contribution in [0.15, 0.2) is 41.5 Å². The molecular weight excluding hydrogens is 373 g/mol. The van der Waals surface area contributed by atoms with Gasteiger partial charge >= 0.3 is 0 Å². The average Bonchev–Trinajstić information content (AvgIpc) is 3.12. The van der Waals surface area contributed by atoms with Crippen molar-refractivity contribution in [3.05, 3.63) is 69.8 Å². The Hall–Kier alpha value is -3.08. The van der Waals surface area contributed by atoms with E-state index in [2.05, 4.69) is 16.8 Å². The Kier molecular flexibility index (Phi) is 4.38. The third-order valence-corrected chi connectivity index (χ3v) is 5.41. The number of aryl methyl sites for hydroxylation is 1. The number of benzene rings is 1. The monoisotopic (exact) mass is 391 g/mol. The average molecular weight is 391 g/mol. The van der Waals surface area contributed by atoms with E-state index in [-0.39, 0.29) is 11.1 Å². The summed E-state index contributed by atoms with van der Waals surface area (Å²) in [5.74, 6) is 5.40. The van der Waals surface area contributed by atoms with Crippen LogP contribution in [0.5, 0.6) is 0 Å². The van der Waals surface area contributed by atoms with Crippen LogP contribution >= 0.6 is 0 Å². The first-order chi connectivity index (χ1) is 14.1. The van der Waals surface area contributed by atoms with Crippen LogP contribution in [0.3, 0.4) is 0 Å². The molecule has 2 aromatic heterocycles.